The number of hydrogen-bond donors (Lipinski definition) is 0. The summed E-state index contributed by atoms with van der Waals surface area (Å²) < 4.78 is 14.1. The zero-order chi connectivity index (χ0) is 17.3. The molecule has 0 unspecified atom stereocenters. The van der Waals surface area contributed by atoms with Gasteiger partial charge in [0.1, 0.15) is 6.10 Å². The monoisotopic (exact) mass is 343 g/mol. The summed E-state index contributed by atoms with van der Waals surface area (Å²) in [5.41, 5.74) is 2.07. The molecule has 7 heteroatoms. The van der Waals surface area contributed by atoms with Gasteiger partial charge in [-0.25, -0.2) is 4.98 Å². The molecule has 0 N–H and O–H groups in total. The van der Waals surface area contributed by atoms with Crippen LogP contribution in [0.15, 0.2) is 24.8 Å². The first kappa shape index (κ1) is 16.5. The molecule has 0 bridgehead atoms. The highest BCUT2D eigenvalue weighted by molar-refractivity contribution is 5.11. The number of nitrogens with zero attached hydrogens (tertiary/aromatic N) is 5. The van der Waals surface area contributed by atoms with Crippen LogP contribution >= 0.6 is 0 Å². The molecular weight excluding hydrogens is 318 g/mol. The largest absolute Gasteiger partial charge is 0.473 e. The van der Waals surface area contributed by atoms with Crippen molar-refractivity contribution in [1.82, 2.24) is 24.6 Å². The van der Waals surface area contributed by atoms with Gasteiger partial charge < -0.3 is 9.47 Å². The van der Waals surface area contributed by atoms with Crippen LogP contribution in [0.3, 0.4) is 0 Å². The molecule has 25 heavy (non-hydrogen) atoms. The highest BCUT2D eigenvalue weighted by Gasteiger charge is 2.48. The minimum atomic E-state index is -0.0685. The van der Waals surface area contributed by atoms with Gasteiger partial charge in [0.25, 0.3) is 0 Å². The first-order chi connectivity index (χ1) is 12.1. The van der Waals surface area contributed by atoms with E-state index in [0.29, 0.717) is 5.88 Å². The molecule has 2 aliphatic heterocycles. The van der Waals surface area contributed by atoms with E-state index in [2.05, 4.69) is 33.1 Å². The fraction of sp³-hybridized carbons (Fsp3) is 0.611. The Labute approximate surface area is 148 Å². The van der Waals surface area contributed by atoms with E-state index >= 15 is 0 Å². The van der Waals surface area contributed by atoms with Crippen molar-refractivity contribution in [2.24, 2.45) is 0 Å². The molecule has 0 aromatic carbocycles. The van der Waals surface area contributed by atoms with Gasteiger partial charge in [0.15, 0.2) is 0 Å². The van der Waals surface area contributed by atoms with Gasteiger partial charge in [-0.1, -0.05) is 0 Å². The molecule has 4 heterocycles. The van der Waals surface area contributed by atoms with E-state index < -0.39 is 0 Å². The lowest BCUT2D eigenvalue weighted by Crippen LogP contribution is -2.65. The fourth-order valence-corrected chi connectivity index (χ4v) is 3.77. The lowest BCUT2D eigenvalue weighted by Gasteiger charge is -2.53. The summed E-state index contributed by atoms with van der Waals surface area (Å²) in [5.74, 6) is 0.616. The first-order valence-electron chi connectivity index (χ1n) is 8.97. The summed E-state index contributed by atoms with van der Waals surface area (Å²) in [7, 11) is 0. The Bertz CT molecular complexity index is 726. The maximum absolute atomic E-state index is 6.11. The normalized spacial score (nSPS) is 22.7. The van der Waals surface area contributed by atoms with E-state index in [1.807, 2.05) is 17.8 Å². The second kappa shape index (κ2) is 6.72. The van der Waals surface area contributed by atoms with Crippen LogP contribution < -0.4 is 4.74 Å². The molecule has 2 aromatic rings. The summed E-state index contributed by atoms with van der Waals surface area (Å²) in [6, 6.07) is 0. The van der Waals surface area contributed by atoms with Gasteiger partial charge in [-0.05, 0) is 13.8 Å². The van der Waals surface area contributed by atoms with Gasteiger partial charge in [0, 0.05) is 57.0 Å². The van der Waals surface area contributed by atoms with Gasteiger partial charge in [0.05, 0.1) is 30.3 Å². The Morgan fingerprint density at radius 3 is 2.96 bits per heavy atom. The van der Waals surface area contributed by atoms with Crippen LogP contribution in [-0.4, -0.2) is 56.0 Å². The van der Waals surface area contributed by atoms with Crippen molar-refractivity contribution in [3.8, 4) is 5.88 Å². The van der Waals surface area contributed by atoms with Crippen LogP contribution in [0, 0.1) is 6.92 Å². The van der Waals surface area contributed by atoms with Crippen molar-refractivity contribution in [2.45, 2.75) is 51.5 Å². The smallest absolute Gasteiger partial charge is 0.232 e. The van der Waals surface area contributed by atoms with Gasteiger partial charge in [-0.2, -0.15) is 5.10 Å². The number of rotatable bonds is 5. The van der Waals surface area contributed by atoms with Gasteiger partial charge in [-0.15, -0.1) is 0 Å². The summed E-state index contributed by atoms with van der Waals surface area (Å²) in [6.07, 6.45) is 9.47. The predicted molar refractivity (Wildman–Crippen MR) is 92.3 cm³/mol. The zero-order valence-corrected chi connectivity index (χ0v) is 14.9. The van der Waals surface area contributed by atoms with Crippen LogP contribution in [0.4, 0.5) is 0 Å². The third-order valence-electron chi connectivity index (χ3n) is 4.91. The predicted octanol–water partition coefficient (Wildman–Crippen LogP) is 1.81. The van der Waals surface area contributed by atoms with Crippen LogP contribution in [0.25, 0.3) is 0 Å². The van der Waals surface area contributed by atoms with E-state index in [-0.39, 0.29) is 11.7 Å². The average molecular weight is 343 g/mol. The highest BCUT2D eigenvalue weighted by Crippen LogP contribution is 2.36. The van der Waals surface area contributed by atoms with Crippen molar-refractivity contribution in [1.29, 1.82) is 0 Å². The van der Waals surface area contributed by atoms with E-state index in [4.69, 9.17) is 9.47 Å². The van der Waals surface area contributed by atoms with Crippen molar-refractivity contribution in [2.75, 3.05) is 19.7 Å². The highest BCUT2D eigenvalue weighted by atomic mass is 16.5. The van der Waals surface area contributed by atoms with Crippen LogP contribution in [0.1, 0.15) is 31.0 Å². The van der Waals surface area contributed by atoms with Gasteiger partial charge in [0.2, 0.25) is 5.88 Å². The molecule has 4 rings (SSSR count). The molecule has 0 amide bonds. The number of likely N-dealkylation sites (tertiary alicyclic amines) is 1. The van der Waals surface area contributed by atoms with E-state index in [0.717, 1.165) is 51.3 Å². The summed E-state index contributed by atoms with van der Waals surface area (Å²) in [6.45, 7) is 8.51. The van der Waals surface area contributed by atoms with Crippen LogP contribution in [0.5, 0.6) is 5.88 Å². The Kier molecular flexibility index (Phi) is 4.43. The fourth-order valence-electron chi connectivity index (χ4n) is 3.77. The molecule has 0 radical (unpaired) electrons. The van der Waals surface area contributed by atoms with Gasteiger partial charge in [-0.3, -0.25) is 14.6 Å². The van der Waals surface area contributed by atoms with E-state index in [1.165, 1.54) is 5.56 Å². The van der Waals surface area contributed by atoms with Crippen LogP contribution in [-0.2, 0) is 17.8 Å². The zero-order valence-electron chi connectivity index (χ0n) is 14.9. The van der Waals surface area contributed by atoms with Crippen molar-refractivity contribution in [3.05, 3.63) is 36.0 Å². The van der Waals surface area contributed by atoms with Crippen LogP contribution in [0.2, 0.25) is 0 Å². The number of aryl methyl sites for hydroxylation is 2. The lowest BCUT2D eigenvalue weighted by atomic mass is 9.84. The third-order valence-corrected chi connectivity index (χ3v) is 4.91. The molecule has 2 fully saturated rings. The minimum absolute atomic E-state index is 0.0685. The summed E-state index contributed by atoms with van der Waals surface area (Å²) in [5, 5.41) is 4.34. The Morgan fingerprint density at radius 2 is 2.20 bits per heavy atom. The Morgan fingerprint density at radius 1 is 1.32 bits per heavy atom. The molecule has 0 saturated carbocycles. The average Bonchev–Trinajstić information content (AvgIpc) is 3.01. The van der Waals surface area contributed by atoms with E-state index in [1.54, 1.807) is 12.4 Å². The van der Waals surface area contributed by atoms with Crippen molar-refractivity contribution >= 4 is 0 Å². The second-order valence-corrected chi connectivity index (χ2v) is 7.11. The Hall–Kier alpha value is -1.99. The molecule has 2 aliphatic rings. The standard InChI is InChI=1S/C18H25N5O2/c1-3-23-11-15(8-20-23)10-22-12-18(13-22)6-16(4-5-24-18)25-17-9-19-7-14(2)21-17/h7-9,11,16H,3-6,10,12-13H2,1-2H3/t16-/m1/s1. The number of aromatic nitrogens is 4. The topological polar surface area (TPSA) is 65.3 Å². The SMILES string of the molecule is CCn1cc(CN2CC3(C[C@H](Oc4cncc(C)n4)CCO3)C2)cn1. The number of hydrogen-bond acceptors (Lipinski definition) is 6. The van der Waals surface area contributed by atoms with Gasteiger partial charge >= 0.3 is 0 Å². The van der Waals surface area contributed by atoms with Crippen molar-refractivity contribution < 1.29 is 9.47 Å². The molecule has 7 nitrogen and oxygen atoms in total. The Balaban J connectivity index is 1.31. The maximum atomic E-state index is 6.11. The molecule has 2 aromatic heterocycles. The summed E-state index contributed by atoms with van der Waals surface area (Å²) in [4.78, 5) is 11.0. The molecule has 134 valence electrons. The first-order valence-corrected chi connectivity index (χ1v) is 8.97. The lowest BCUT2D eigenvalue weighted by molar-refractivity contribution is -0.188. The quantitative estimate of drug-likeness (QED) is 0.825. The molecule has 1 spiro atoms. The molecule has 0 aliphatic carbocycles. The number of ether oxygens (including phenoxy) is 2. The third kappa shape index (κ3) is 3.67. The minimum Gasteiger partial charge on any atom is -0.473 e. The van der Waals surface area contributed by atoms with E-state index in [9.17, 15) is 0 Å². The second-order valence-electron chi connectivity index (χ2n) is 7.11. The molecule has 1 atom stereocenters. The molecular formula is C18H25N5O2. The van der Waals surface area contributed by atoms with Crippen molar-refractivity contribution in [3.63, 3.8) is 0 Å². The molecule has 2 saturated heterocycles. The maximum Gasteiger partial charge on any atom is 0.232 e. The summed E-state index contributed by atoms with van der Waals surface area (Å²) >= 11 is 0.